The van der Waals surface area contributed by atoms with Crippen LogP contribution in [0.3, 0.4) is 0 Å². The minimum Gasteiger partial charge on any atom is -0.382 e. The van der Waals surface area contributed by atoms with E-state index in [1.165, 1.54) is 38.5 Å². The molecular weight excluding hydrogens is 232 g/mol. The van der Waals surface area contributed by atoms with Gasteiger partial charge < -0.3 is 5.32 Å². The zero-order valence-corrected chi connectivity index (χ0v) is 11.2. The Kier molecular flexibility index (Phi) is 4.66. The summed E-state index contributed by atoms with van der Waals surface area (Å²) in [6.07, 6.45) is 9.85. The summed E-state index contributed by atoms with van der Waals surface area (Å²) in [5.41, 5.74) is 1.10. The van der Waals surface area contributed by atoms with Crippen LogP contribution in [-0.4, -0.2) is 11.0 Å². The van der Waals surface area contributed by atoms with E-state index in [1.54, 1.807) is 6.20 Å². The lowest BCUT2D eigenvalue weighted by Crippen LogP contribution is -2.30. The van der Waals surface area contributed by atoms with Crippen molar-refractivity contribution in [3.8, 4) is 0 Å². The highest BCUT2D eigenvalue weighted by atomic mass is 35.5. The molecule has 0 aromatic carbocycles. The van der Waals surface area contributed by atoms with Gasteiger partial charge in [0.2, 0.25) is 0 Å². The minimum absolute atomic E-state index is 0.563. The number of nitrogens with zero attached hydrogens (tertiary/aromatic N) is 1. The van der Waals surface area contributed by atoms with E-state index in [0.29, 0.717) is 11.2 Å². The molecule has 0 radical (unpaired) electrons. The van der Waals surface area contributed by atoms with Gasteiger partial charge in [0.25, 0.3) is 0 Å². The fraction of sp³-hybridized carbons (Fsp3) is 0.643. The molecule has 0 spiro atoms. The Balaban J connectivity index is 1.98. The zero-order chi connectivity index (χ0) is 12.1. The first kappa shape index (κ1) is 12.7. The molecule has 94 valence electrons. The van der Waals surface area contributed by atoms with E-state index in [2.05, 4.69) is 17.2 Å². The number of aromatic nitrogens is 1. The fourth-order valence-corrected chi connectivity index (χ4v) is 2.97. The lowest BCUT2D eigenvalue weighted by Gasteiger charge is -2.31. The Morgan fingerprint density at radius 2 is 2.18 bits per heavy atom. The Morgan fingerprint density at radius 3 is 2.82 bits per heavy atom. The van der Waals surface area contributed by atoms with Gasteiger partial charge >= 0.3 is 0 Å². The first-order valence-corrected chi connectivity index (χ1v) is 7.05. The molecule has 1 aliphatic carbocycles. The van der Waals surface area contributed by atoms with Gasteiger partial charge in [-0.05, 0) is 37.3 Å². The smallest absolute Gasteiger partial charge is 0.131 e. The van der Waals surface area contributed by atoms with Gasteiger partial charge in [0.05, 0.1) is 0 Å². The third-order valence-corrected chi connectivity index (χ3v) is 3.94. The first-order chi connectivity index (χ1) is 8.29. The van der Waals surface area contributed by atoms with Crippen LogP contribution in [0.1, 0.15) is 45.4 Å². The van der Waals surface area contributed by atoms with Crippen molar-refractivity contribution in [2.75, 3.05) is 5.32 Å². The van der Waals surface area contributed by atoms with Gasteiger partial charge in [-0.15, -0.1) is 0 Å². The topological polar surface area (TPSA) is 24.9 Å². The maximum absolute atomic E-state index is 5.91. The quantitative estimate of drug-likeness (QED) is 0.798. The maximum atomic E-state index is 5.91. The van der Waals surface area contributed by atoms with Crippen LogP contribution in [0.2, 0.25) is 5.15 Å². The Morgan fingerprint density at radius 1 is 1.41 bits per heavy atom. The second kappa shape index (κ2) is 6.25. The SMILES string of the molecule is CCC(Nc1ccnc(Cl)c1)C1CCCCC1. The van der Waals surface area contributed by atoms with Crippen molar-refractivity contribution in [3.05, 3.63) is 23.5 Å². The summed E-state index contributed by atoms with van der Waals surface area (Å²) in [5.74, 6) is 0.820. The number of hydrogen-bond donors (Lipinski definition) is 1. The molecule has 1 atom stereocenters. The molecule has 0 amide bonds. The zero-order valence-electron chi connectivity index (χ0n) is 10.5. The monoisotopic (exact) mass is 252 g/mol. The molecule has 0 aliphatic heterocycles. The minimum atomic E-state index is 0.563. The lowest BCUT2D eigenvalue weighted by molar-refractivity contribution is 0.313. The van der Waals surface area contributed by atoms with Crippen LogP contribution in [0.25, 0.3) is 0 Å². The fourth-order valence-electron chi connectivity index (χ4n) is 2.80. The third-order valence-electron chi connectivity index (χ3n) is 3.74. The molecule has 0 bridgehead atoms. The van der Waals surface area contributed by atoms with Gasteiger partial charge in [0.1, 0.15) is 5.15 Å². The van der Waals surface area contributed by atoms with Crippen molar-refractivity contribution in [2.45, 2.75) is 51.5 Å². The molecule has 1 heterocycles. The molecule has 2 nitrogen and oxygen atoms in total. The number of halogens is 1. The van der Waals surface area contributed by atoms with Crippen LogP contribution < -0.4 is 5.32 Å². The third kappa shape index (κ3) is 3.60. The van der Waals surface area contributed by atoms with E-state index in [-0.39, 0.29) is 0 Å². The highest BCUT2D eigenvalue weighted by Gasteiger charge is 2.22. The number of pyridine rings is 1. The Hall–Kier alpha value is -0.760. The average molecular weight is 253 g/mol. The molecule has 1 aromatic rings. The number of rotatable bonds is 4. The summed E-state index contributed by atoms with van der Waals surface area (Å²) in [5, 5.41) is 4.18. The maximum Gasteiger partial charge on any atom is 0.131 e. The Labute approximate surface area is 109 Å². The molecule has 17 heavy (non-hydrogen) atoms. The molecule has 1 unspecified atom stereocenters. The molecule has 1 fully saturated rings. The lowest BCUT2D eigenvalue weighted by atomic mass is 9.83. The van der Waals surface area contributed by atoms with Crippen molar-refractivity contribution in [2.24, 2.45) is 5.92 Å². The first-order valence-electron chi connectivity index (χ1n) is 6.67. The number of nitrogens with one attached hydrogen (secondary N) is 1. The van der Waals surface area contributed by atoms with Crippen LogP contribution in [0, 0.1) is 5.92 Å². The molecule has 2 rings (SSSR count). The van der Waals surface area contributed by atoms with Crippen molar-refractivity contribution >= 4 is 17.3 Å². The van der Waals surface area contributed by atoms with E-state index in [1.807, 2.05) is 12.1 Å². The summed E-state index contributed by atoms with van der Waals surface area (Å²) in [7, 11) is 0. The van der Waals surface area contributed by atoms with Crippen LogP contribution in [0.15, 0.2) is 18.3 Å². The van der Waals surface area contributed by atoms with Gasteiger partial charge in [-0.25, -0.2) is 4.98 Å². The second-order valence-corrected chi connectivity index (χ2v) is 5.31. The molecule has 1 saturated carbocycles. The van der Waals surface area contributed by atoms with Crippen LogP contribution in [0.4, 0.5) is 5.69 Å². The molecule has 0 saturated heterocycles. The predicted molar refractivity (Wildman–Crippen MR) is 73.5 cm³/mol. The second-order valence-electron chi connectivity index (χ2n) is 4.92. The van der Waals surface area contributed by atoms with Crippen molar-refractivity contribution in [3.63, 3.8) is 0 Å². The van der Waals surface area contributed by atoms with Gasteiger partial charge in [-0.3, -0.25) is 0 Å². The molecular formula is C14H21ClN2. The van der Waals surface area contributed by atoms with Crippen LogP contribution in [0.5, 0.6) is 0 Å². The van der Waals surface area contributed by atoms with Gasteiger partial charge in [0.15, 0.2) is 0 Å². The molecule has 1 aliphatic rings. The normalized spacial score (nSPS) is 18.9. The van der Waals surface area contributed by atoms with E-state index in [9.17, 15) is 0 Å². The van der Waals surface area contributed by atoms with Crippen LogP contribution >= 0.6 is 11.6 Å². The number of hydrogen-bond acceptors (Lipinski definition) is 2. The van der Waals surface area contributed by atoms with E-state index < -0.39 is 0 Å². The van der Waals surface area contributed by atoms with Gasteiger partial charge in [-0.1, -0.05) is 37.8 Å². The highest BCUT2D eigenvalue weighted by molar-refractivity contribution is 6.29. The predicted octanol–water partition coefficient (Wildman–Crippen LogP) is 4.51. The molecule has 3 heteroatoms. The standard InChI is InChI=1S/C14H21ClN2/c1-2-13(11-6-4-3-5-7-11)17-12-8-9-16-14(15)10-12/h8-11,13H,2-7H2,1H3,(H,16,17). The Bertz CT molecular complexity index is 348. The van der Waals surface area contributed by atoms with Crippen LogP contribution in [-0.2, 0) is 0 Å². The van der Waals surface area contributed by atoms with Crippen molar-refractivity contribution in [1.82, 2.24) is 4.98 Å². The summed E-state index contributed by atoms with van der Waals surface area (Å²) < 4.78 is 0. The molecule has 1 aromatic heterocycles. The van der Waals surface area contributed by atoms with E-state index >= 15 is 0 Å². The summed E-state index contributed by atoms with van der Waals surface area (Å²) in [6, 6.07) is 4.48. The summed E-state index contributed by atoms with van der Waals surface area (Å²) >= 11 is 5.91. The van der Waals surface area contributed by atoms with Crippen molar-refractivity contribution in [1.29, 1.82) is 0 Å². The van der Waals surface area contributed by atoms with Gasteiger partial charge in [-0.2, -0.15) is 0 Å². The summed E-state index contributed by atoms with van der Waals surface area (Å²) in [6.45, 7) is 2.26. The van der Waals surface area contributed by atoms with E-state index in [4.69, 9.17) is 11.6 Å². The van der Waals surface area contributed by atoms with E-state index in [0.717, 1.165) is 11.6 Å². The largest absolute Gasteiger partial charge is 0.382 e. The average Bonchev–Trinajstić information content (AvgIpc) is 2.37. The van der Waals surface area contributed by atoms with Gasteiger partial charge in [0, 0.05) is 17.9 Å². The molecule has 1 N–H and O–H groups in total. The summed E-state index contributed by atoms with van der Waals surface area (Å²) in [4.78, 5) is 4.01. The van der Waals surface area contributed by atoms with Crippen molar-refractivity contribution < 1.29 is 0 Å². The number of anilines is 1. The highest BCUT2D eigenvalue weighted by Crippen LogP contribution is 2.29.